The Balaban J connectivity index is 1.48. The minimum Gasteiger partial charge on any atom is -0.371 e. The highest BCUT2D eigenvalue weighted by molar-refractivity contribution is 7.86. The number of nitrogens with zero attached hydrogens (tertiary/aromatic N) is 2. The molecule has 3 aliphatic heterocycles. The second kappa shape index (κ2) is 8.04. The molecule has 31 heavy (non-hydrogen) atoms. The smallest absolute Gasteiger partial charge is 0.267 e. The first-order valence-corrected chi connectivity index (χ1v) is 11.7. The summed E-state index contributed by atoms with van der Waals surface area (Å²) < 4.78 is 27.9. The van der Waals surface area contributed by atoms with Crippen LogP contribution in [0.5, 0.6) is 0 Å². The zero-order chi connectivity index (χ0) is 22.3. The van der Waals surface area contributed by atoms with E-state index in [1.165, 1.54) is 0 Å². The molecular weight excluding hydrogens is 426 g/mol. The molecule has 1 atom stereocenters. The number of fused-ring (bicyclic) bond motifs is 1. The number of nitrogens with one attached hydrogen (secondary N) is 1. The summed E-state index contributed by atoms with van der Waals surface area (Å²) in [6.45, 7) is 1.23. The molecule has 1 aromatic rings. The van der Waals surface area contributed by atoms with Crippen LogP contribution in [0.15, 0.2) is 18.2 Å². The van der Waals surface area contributed by atoms with Gasteiger partial charge < -0.3 is 4.90 Å². The number of amides is 4. The van der Waals surface area contributed by atoms with Gasteiger partial charge in [0.15, 0.2) is 0 Å². The standard InChI is InChI=1S/C20H23N3O7S/c1-30-31(28,29)11-12-6-8-22(9-7-12)13-2-3-14-15(10-13)20(27)23(19(14)26)16-4-5-17(24)21-18(16)25/h2-3,10,12,16H,4-9,11H2,1H3,(H,21,24,25). The van der Waals surface area contributed by atoms with E-state index in [0.29, 0.717) is 25.9 Å². The lowest BCUT2D eigenvalue weighted by molar-refractivity contribution is -0.136. The van der Waals surface area contributed by atoms with Crippen molar-refractivity contribution >= 4 is 39.4 Å². The number of carbonyl (C=O) groups is 4. The van der Waals surface area contributed by atoms with Gasteiger partial charge in [-0.25, -0.2) is 0 Å². The first-order chi connectivity index (χ1) is 14.7. The summed E-state index contributed by atoms with van der Waals surface area (Å²) in [7, 11) is -2.35. The van der Waals surface area contributed by atoms with Crippen molar-refractivity contribution in [3.63, 3.8) is 0 Å². The van der Waals surface area contributed by atoms with E-state index in [0.717, 1.165) is 17.7 Å². The Kier molecular flexibility index (Phi) is 5.56. The molecule has 0 spiro atoms. The number of rotatable bonds is 5. The van der Waals surface area contributed by atoms with Crippen LogP contribution < -0.4 is 10.2 Å². The maximum Gasteiger partial charge on any atom is 0.267 e. The van der Waals surface area contributed by atoms with E-state index in [-0.39, 0.29) is 35.6 Å². The number of piperidine rings is 2. The minimum atomic E-state index is -3.51. The zero-order valence-corrected chi connectivity index (χ0v) is 17.8. The van der Waals surface area contributed by atoms with Crippen molar-refractivity contribution in [1.82, 2.24) is 10.2 Å². The molecule has 166 valence electrons. The lowest BCUT2D eigenvalue weighted by Crippen LogP contribution is -2.54. The van der Waals surface area contributed by atoms with Gasteiger partial charge in [-0.2, -0.15) is 8.42 Å². The highest BCUT2D eigenvalue weighted by Crippen LogP contribution is 2.32. The first-order valence-electron chi connectivity index (χ1n) is 10.1. The van der Waals surface area contributed by atoms with E-state index < -0.39 is 39.8 Å². The highest BCUT2D eigenvalue weighted by atomic mass is 32.2. The van der Waals surface area contributed by atoms with Crippen LogP contribution in [0.2, 0.25) is 0 Å². The Morgan fingerprint density at radius 2 is 1.71 bits per heavy atom. The predicted molar refractivity (Wildman–Crippen MR) is 109 cm³/mol. The summed E-state index contributed by atoms with van der Waals surface area (Å²) in [6, 6.07) is 3.99. The third kappa shape index (κ3) is 4.07. The molecule has 4 amide bonds. The van der Waals surface area contributed by atoms with Gasteiger partial charge in [0.2, 0.25) is 11.8 Å². The van der Waals surface area contributed by atoms with Gasteiger partial charge in [-0.15, -0.1) is 0 Å². The van der Waals surface area contributed by atoms with Crippen molar-refractivity contribution in [3.05, 3.63) is 29.3 Å². The molecule has 0 saturated carbocycles. The van der Waals surface area contributed by atoms with E-state index >= 15 is 0 Å². The third-order valence-corrected chi connectivity index (χ3v) is 7.48. The molecule has 1 N–H and O–H groups in total. The topological polar surface area (TPSA) is 130 Å². The van der Waals surface area contributed by atoms with Crippen LogP contribution in [-0.2, 0) is 23.9 Å². The summed E-state index contributed by atoms with van der Waals surface area (Å²) in [6.07, 6.45) is 1.51. The number of benzene rings is 1. The first kappa shape index (κ1) is 21.4. The molecule has 0 radical (unpaired) electrons. The van der Waals surface area contributed by atoms with Crippen LogP contribution in [0.3, 0.4) is 0 Å². The number of imide groups is 2. The molecule has 1 aromatic carbocycles. The van der Waals surface area contributed by atoms with E-state index in [1.54, 1.807) is 18.2 Å². The molecule has 2 saturated heterocycles. The summed E-state index contributed by atoms with van der Waals surface area (Å²) in [5, 5.41) is 2.18. The van der Waals surface area contributed by atoms with Crippen LogP contribution in [0.4, 0.5) is 5.69 Å². The Labute approximate surface area is 179 Å². The van der Waals surface area contributed by atoms with Gasteiger partial charge in [0, 0.05) is 25.2 Å². The second-order valence-corrected chi connectivity index (χ2v) is 9.78. The Hall–Kier alpha value is -2.79. The fraction of sp³-hybridized carbons (Fsp3) is 0.500. The fourth-order valence-electron chi connectivity index (χ4n) is 4.37. The van der Waals surface area contributed by atoms with Crippen LogP contribution in [0.25, 0.3) is 0 Å². The fourth-order valence-corrected chi connectivity index (χ4v) is 5.42. The average molecular weight is 449 g/mol. The van der Waals surface area contributed by atoms with E-state index in [1.807, 2.05) is 4.90 Å². The van der Waals surface area contributed by atoms with Crippen molar-refractivity contribution in [2.75, 3.05) is 30.9 Å². The van der Waals surface area contributed by atoms with Crippen LogP contribution >= 0.6 is 0 Å². The van der Waals surface area contributed by atoms with Crippen molar-refractivity contribution in [1.29, 1.82) is 0 Å². The summed E-state index contributed by atoms with van der Waals surface area (Å²) in [5.74, 6) is -2.15. The normalized spacial score (nSPS) is 22.7. The largest absolute Gasteiger partial charge is 0.371 e. The molecule has 0 aromatic heterocycles. The molecule has 2 fully saturated rings. The highest BCUT2D eigenvalue weighted by Gasteiger charge is 2.44. The van der Waals surface area contributed by atoms with Gasteiger partial charge >= 0.3 is 0 Å². The maximum atomic E-state index is 13.0. The lowest BCUT2D eigenvalue weighted by atomic mass is 9.98. The molecule has 3 heterocycles. The molecule has 4 rings (SSSR count). The Morgan fingerprint density at radius 3 is 2.35 bits per heavy atom. The molecule has 0 aliphatic carbocycles. The number of carbonyl (C=O) groups excluding carboxylic acids is 4. The van der Waals surface area contributed by atoms with Gasteiger partial charge in [-0.05, 0) is 43.4 Å². The SMILES string of the molecule is COS(=O)(=O)CC1CCN(c2ccc3c(c2)C(=O)N(C2CCC(=O)NC2=O)C3=O)CC1. The van der Waals surface area contributed by atoms with E-state index in [4.69, 9.17) is 0 Å². The lowest BCUT2D eigenvalue weighted by Gasteiger charge is -2.33. The van der Waals surface area contributed by atoms with Crippen LogP contribution in [-0.4, -0.2) is 68.9 Å². The molecule has 0 bridgehead atoms. The maximum absolute atomic E-state index is 13.0. The number of anilines is 1. The Morgan fingerprint density at radius 1 is 1.03 bits per heavy atom. The second-order valence-electron chi connectivity index (χ2n) is 8.00. The third-order valence-electron chi connectivity index (χ3n) is 6.10. The van der Waals surface area contributed by atoms with Crippen LogP contribution in [0, 0.1) is 5.92 Å². The van der Waals surface area contributed by atoms with Gasteiger partial charge in [-0.1, -0.05) is 0 Å². The van der Waals surface area contributed by atoms with Gasteiger partial charge in [0.1, 0.15) is 6.04 Å². The van der Waals surface area contributed by atoms with Crippen molar-refractivity contribution in [3.8, 4) is 0 Å². The molecule has 10 nitrogen and oxygen atoms in total. The van der Waals surface area contributed by atoms with Gasteiger partial charge in [0.25, 0.3) is 21.9 Å². The molecule has 11 heteroatoms. The molecular formula is C20H23N3O7S. The minimum absolute atomic E-state index is 0.00172. The Bertz CT molecular complexity index is 1060. The summed E-state index contributed by atoms with van der Waals surface area (Å²) in [4.78, 5) is 52.3. The molecule has 3 aliphatic rings. The average Bonchev–Trinajstić information content (AvgIpc) is 2.98. The number of hydrogen-bond donors (Lipinski definition) is 1. The number of hydrogen-bond acceptors (Lipinski definition) is 8. The molecule has 1 unspecified atom stereocenters. The zero-order valence-electron chi connectivity index (χ0n) is 17.0. The van der Waals surface area contributed by atoms with Crippen molar-refractivity contribution in [2.24, 2.45) is 5.92 Å². The van der Waals surface area contributed by atoms with E-state index in [9.17, 15) is 27.6 Å². The van der Waals surface area contributed by atoms with E-state index in [2.05, 4.69) is 9.50 Å². The van der Waals surface area contributed by atoms with Gasteiger partial charge in [0.05, 0.1) is 24.0 Å². The van der Waals surface area contributed by atoms with Crippen molar-refractivity contribution in [2.45, 2.75) is 31.7 Å². The summed E-state index contributed by atoms with van der Waals surface area (Å²) in [5.41, 5.74) is 1.23. The van der Waals surface area contributed by atoms with Gasteiger partial charge in [-0.3, -0.25) is 33.6 Å². The van der Waals surface area contributed by atoms with Crippen LogP contribution in [0.1, 0.15) is 46.4 Å². The summed E-state index contributed by atoms with van der Waals surface area (Å²) >= 11 is 0. The monoisotopic (exact) mass is 449 g/mol. The van der Waals surface area contributed by atoms with Crippen molar-refractivity contribution < 1.29 is 31.8 Å². The quantitative estimate of drug-likeness (QED) is 0.501. The predicted octanol–water partition coefficient (Wildman–Crippen LogP) is 0.280.